The highest BCUT2D eigenvalue weighted by Crippen LogP contribution is 2.18. The number of sulfone groups is 1. The van der Waals surface area contributed by atoms with Crippen LogP contribution in [0.4, 0.5) is 0 Å². The largest absolute Gasteiger partial charge is 0.351 e. The van der Waals surface area contributed by atoms with Gasteiger partial charge in [-0.1, -0.05) is 19.1 Å². The summed E-state index contributed by atoms with van der Waals surface area (Å²) in [6.07, 6.45) is 4.38. The molecule has 1 unspecified atom stereocenters. The average Bonchev–Trinajstić information content (AvgIpc) is 2.64. The molecule has 7 heteroatoms. The maximum Gasteiger partial charge on any atom is 0.251 e. The fraction of sp³-hybridized carbons (Fsp3) is 0.211. The normalized spacial score (nSPS) is 12.7. The molecule has 0 saturated heterocycles. The van der Waals surface area contributed by atoms with Crippen LogP contribution in [0.2, 0.25) is 0 Å². The van der Waals surface area contributed by atoms with E-state index in [0.29, 0.717) is 17.6 Å². The van der Waals surface area contributed by atoms with Gasteiger partial charge in [0.25, 0.3) is 5.91 Å². The van der Waals surface area contributed by atoms with Gasteiger partial charge < -0.3 is 5.32 Å². The first-order valence-electron chi connectivity index (χ1n) is 8.13. The standard InChI is InChI=1S/C19H19N3O3S/c1-13(14-3-6-16(7-4-14)26(2,24)25)12-22-19(23)15-5-8-17-18(11-15)21-10-9-20-17/h3-11,13H,12H2,1-2H3,(H,22,23). The van der Waals surface area contributed by atoms with Crippen LogP contribution in [0.25, 0.3) is 11.0 Å². The average molecular weight is 369 g/mol. The van der Waals surface area contributed by atoms with Crippen LogP contribution in [0.15, 0.2) is 59.8 Å². The molecule has 0 aliphatic carbocycles. The lowest BCUT2D eigenvalue weighted by atomic mass is 10.0. The number of amides is 1. The molecule has 0 bridgehead atoms. The number of nitrogens with zero attached hydrogens (tertiary/aromatic N) is 2. The van der Waals surface area contributed by atoms with Gasteiger partial charge in [0.2, 0.25) is 0 Å². The fourth-order valence-electron chi connectivity index (χ4n) is 2.61. The number of benzene rings is 2. The minimum absolute atomic E-state index is 0.0489. The molecule has 0 spiro atoms. The van der Waals surface area contributed by atoms with Gasteiger partial charge in [-0.2, -0.15) is 0 Å². The summed E-state index contributed by atoms with van der Waals surface area (Å²) in [5.74, 6) is -0.134. The Kier molecular flexibility index (Phi) is 4.99. The molecule has 1 N–H and O–H groups in total. The minimum Gasteiger partial charge on any atom is -0.351 e. The first-order valence-corrected chi connectivity index (χ1v) is 10.0. The molecule has 0 aliphatic heterocycles. The second-order valence-corrected chi connectivity index (χ2v) is 8.23. The van der Waals surface area contributed by atoms with E-state index in [1.165, 1.54) is 6.26 Å². The summed E-state index contributed by atoms with van der Waals surface area (Å²) in [6.45, 7) is 2.41. The Hall–Kier alpha value is -2.80. The Morgan fingerprint density at radius 3 is 2.35 bits per heavy atom. The zero-order valence-corrected chi connectivity index (χ0v) is 15.3. The lowest BCUT2D eigenvalue weighted by Gasteiger charge is -2.14. The van der Waals surface area contributed by atoms with E-state index in [4.69, 9.17) is 0 Å². The Balaban J connectivity index is 1.66. The van der Waals surface area contributed by atoms with Gasteiger partial charge in [-0.3, -0.25) is 14.8 Å². The van der Waals surface area contributed by atoms with Gasteiger partial charge in [0.15, 0.2) is 9.84 Å². The molecule has 0 saturated carbocycles. The number of hydrogen-bond acceptors (Lipinski definition) is 5. The topological polar surface area (TPSA) is 89.0 Å². The predicted molar refractivity (Wildman–Crippen MR) is 99.8 cm³/mol. The maximum atomic E-state index is 12.4. The quantitative estimate of drug-likeness (QED) is 0.747. The highest BCUT2D eigenvalue weighted by molar-refractivity contribution is 7.90. The zero-order valence-electron chi connectivity index (χ0n) is 14.5. The monoisotopic (exact) mass is 369 g/mol. The van der Waals surface area contributed by atoms with Crippen molar-refractivity contribution in [3.8, 4) is 0 Å². The number of carbonyl (C=O) groups excluding carboxylic acids is 1. The Morgan fingerprint density at radius 2 is 1.69 bits per heavy atom. The van der Waals surface area contributed by atoms with E-state index in [1.54, 1.807) is 54.9 Å². The smallest absolute Gasteiger partial charge is 0.251 e. The lowest BCUT2D eigenvalue weighted by Crippen LogP contribution is -2.27. The van der Waals surface area contributed by atoms with Crippen LogP contribution < -0.4 is 5.32 Å². The van der Waals surface area contributed by atoms with Crippen LogP contribution in [0.5, 0.6) is 0 Å². The van der Waals surface area contributed by atoms with E-state index in [2.05, 4.69) is 15.3 Å². The molecule has 6 nitrogen and oxygen atoms in total. The van der Waals surface area contributed by atoms with E-state index < -0.39 is 9.84 Å². The third kappa shape index (κ3) is 4.05. The van der Waals surface area contributed by atoms with Crippen molar-refractivity contribution < 1.29 is 13.2 Å². The molecule has 0 radical (unpaired) electrons. The van der Waals surface area contributed by atoms with Gasteiger partial charge in [0.1, 0.15) is 0 Å². The SMILES string of the molecule is CC(CNC(=O)c1ccc2nccnc2c1)c1ccc(S(C)(=O)=O)cc1. The van der Waals surface area contributed by atoms with E-state index >= 15 is 0 Å². The number of aromatic nitrogens is 2. The van der Waals surface area contributed by atoms with Crippen molar-refractivity contribution in [1.29, 1.82) is 0 Å². The van der Waals surface area contributed by atoms with Crippen LogP contribution in [0.3, 0.4) is 0 Å². The highest BCUT2D eigenvalue weighted by Gasteiger charge is 2.12. The van der Waals surface area contributed by atoms with Crippen molar-refractivity contribution in [3.05, 3.63) is 66.0 Å². The summed E-state index contributed by atoms with van der Waals surface area (Å²) in [4.78, 5) is 21.0. The number of nitrogens with one attached hydrogen (secondary N) is 1. The van der Waals surface area contributed by atoms with Crippen molar-refractivity contribution in [2.24, 2.45) is 0 Å². The Bertz CT molecular complexity index is 1050. The van der Waals surface area contributed by atoms with Crippen LogP contribution in [-0.4, -0.2) is 37.1 Å². The summed E-state index contributed by atoms with van der Waals surface area (Å²) in [6, 6.07) is 11.9. The van der Waals surface area contributed by atoms with Crippen molar-refractivity contribution in [3.63, 3.8) is 0 Å². The van der Waals surface area contributed by atoms with Crippen LogP contribution >= 0.6 is 0 Å². The molecular weight excluding hydrogens is 350 g/mol. The lowest BCUT2D eigenvalue weighted by molar-refractivity contribution is 0.0951. The molecule has 0 fully saturated rings. The summed E-state index contributed by atoms with van der Waals surface area (Å²) in [5, 5.41) is 2.90. The maximum absolute atomic E-state index is 12.4. The van der Waals surface area contributed by atoms with Crippen molar-refractivity contribution in [1.82, 2.24) is 15.3 Å². The van der Waals surface area contributed by atoms with Gasteiger partial charge in [-0.25, -0.2) is 8.42 Å². The number of hydrogen-bond donors (Lipinski definition) is 1. The summed E-state index contributed by atoms with van der Waals surface area (Å²) in [7, 11) is -3.21. The van der Waals surface area contributed by atoms with E-state index in [1.807, 2.05) is 6.92 Å². The van der Waals surface area contributed by atoms with Crippen LogP contribution in [0, 0.1) is 0 Å². The van der Waals surface area contributed by atoms with Crippen LogP contribution in [0.1, 0.15) is 28.8 Å². The molecule has 26 heavy (non-hydrogen) atoms. The summed E-state index contributed by atoms with van der Waals surface area (Å²) >= 11 is 0. The van der Waals surface area contributed by atoms with Gasteiger partial charge in [-0.15, -0.1) is 0 Å². The Labute approximate surface area is 152 Å². The van der Waals surface area contributed by atoms with E-state index in [9.17, 15) is 13.2 Å². The molecule has 1 aromatic heterocycles. The van der Waals surface area contributed by atoms with E-state index in [-0.39, 0.29) is 16.7 Å². The van der Waals surface area contributed by atoms with Crippen molar-refractivity contribution in [2.75, 3.05) is 12.8 Å². The molecule has 3 aromatic rings. The molecule has 0 aliphatic rings. The molecule has 134 valence electrons. The third-order valence-corrected chi connectivity index (χ3v) is 5.31. The van der Waals surface area contributed by atoms with Gasteiger partial charge >= 0.3 is 0 Å². The molecule has 2 aromatic carbocycles. The van der Waals surface area contributed by atoms with E-state index in [0.717, 1.165) is 11.1 Å². The van der Waals surface area contributed by atoms with Crippen molar-refractivity contribution >= 4 is 26.8 Å². The van der Waals surface area contributed by atoms with Gasteiger partial charge in [0, 0.05) is 30.8 Å². The van der Waals surface area contributed by atoms with Crippen LogP contribution in [-0.2, 0) is 9.84 Å². The second kappa shape index (κ2) is 7.21. The number of fused-ring (bicyclic) bond motifs is 1. The molecule has 1 amide bonds. The van der Waals surface area contributed by atoms with Gasteiger partial charge in [0.05, 0.1) is 15.9 Å². The first-order chi connectivity index (χ1) is 12.3. The summed E-state index contributed by atoms with van der Waals surface area (Å²) < 4.78 is 23.0. The molecule has 1 heterocycles. The highest BCUT2D eigenvalue weighted by atomic mass is 32.2. The fourth-order valence-corrected chi connectivity index (χ4v) is 3.24. The van der Waals surface area contributed by atoms with Gasteiger partial charge in [-0.05, 0) is 41.8 Å². The minimum atomic E-state index is -3.21. The number of rotatable bonds is 5. The van der Waals surface area contributed by atoms with Crippen molar-refractivity contribution in [2.45, 2.75) is 17.7 Å². The second-order valence-electron chi connectivity index (χ2n) is 6.21. The molecule has 3 rings (SSSR count). The molecular formula is C19H19N3O3S. The predicted octanol–water partition coefficient (Wildman–Crippen LogP) is 2.57. The molecule has 1 atom stereocenters. The third-order valence-electron chi connectivity index (χ3n) is 4.18. The zero-order chi connectivity index (χ0) is 18.7. The number of carbonyl (C=O) groups is 1. The summed E-state index contributed by atoms with van der Waals surface area (Å²) in [5.41, 5.74) is 2.90. The first kappa shape index (κ1) is 18.0. The Morgan fingerprint density at radius 1 is 1.04 bits per heavy atom.